The highest BCUT2D eigenvalue weighted by Crippen LogP contribution is 2.31. The van der Waals surface area contributed by atoms with Gasteiger partial charge >= 0.3 is 0 Å². The Kier molecular flexibility index (Phi) is 6.35. The summed E-state index contributed by atoms with van der Waals surface area (Å²) in [6, 6.07) is 12.3. The van der Waals surface area contributed by atoms with Crippen LogP contribution in [0.4, 0.5) is 5.82 Å². The predicted molar refractivity (Wildman–Crippen MR) is 127 cm³/mol. The molecule has 0 atom stereocenters. The van der Waals surface area contributed by atoms with E-state index in [0.29, 0.717) is 16.4 Å². The number of hydrogen-bond acceptors (Lipinski definition) is 6. The maximum absolute atomic E-state index is 13.4. The van der Waals surface area contributed by atoms with Crippen molar-refractivity contribution in [3.8, 4) is 0 Å². The zero-order valence-corrected chi connectivity index (χ0v) is 20.0. The van der Waals surface area contributed by atoms with Crippen LogP contribution in [0.25, 0.3) is 16.6 Å². The second kappa shape index (κ2) is 9.03. The van der Waals surface area contributed by atoms with Crippen molar-refractivity contribution in [1.82, 2.24) is 19.8 Å². The number of nitrogens with zero attached hydrogens (tertiary/aromatic N) is 5. The van der Waals surface area contributed by atoms with Crippen LogP contribution in [0.2, 0.25) is 5.02 Å². The van der Waals surface area contributed by atoms with E-state index >= 15 is 0 Å². The Bertz CT molecular complexity index is 1360. The summed E-state index contributed by atoms with van der Waals surface area (Å²) in [5, 5.41) is 9.47. The van der Waals surface area contributed by atoms with Gasteiger partial charge in [0.2, 0.25) is 14.9 Å². The van der Waals surface area contributed by atoms with Crippen LogP contribution in [0.15, 0.2) is 52.4 Å². The van der Waals surface area contributed by atoms with Gasteiger partial charge in [0, 0.05) is 23.5 Å². The van der Waals surface area contributed by atoms with Crippen LogP contribution in [0.3, 0.4) is 0 Å². The van der Waals surface area contributed by atoms with E-state index in [0.717, 1.165) is 43.3 Å². The number of benzene rings is 2. The Hall–Kier alpha value is -2.71. The minimum absolute atomic E-state index is 0.146. The molecule has 0 bridgehead atoms. The molecule has 7 nitrogen and oxygen atoms in total. The summed E-state index contributed by atoms with van der Waals surface area (Å²) >= 11 is 6.30. The molecule has 2 aromatic carbocycles. The molecule has 0 saturated heterocycles. The van der Waals surface area contributed by atoms with Crippen LogP contribution in [-0.4, -0.2) is 41.3 Å². The first-order chi connectivity index (χ1) is 15.4. The third-order valence-electron chi connectivity index (χ3n) is 5.44. The van der Waals surface area contributed by atoms with Crippen molar-refractivity contribution in [3.05, 3.63) is 53.1 Å². The van der Waals surface area contributed by atoms with Crippen LogP contribution in [-0.2, 0) is 16.3 Å². The van der Waals surface area contributed by atoms with Gasteiger partial charge in [-0.2, -0.15) is 4.52 Å². The summed E-state index contributed by atoms with van der Waals surface area (Å²) in [6.07, 6.45) is 2.70. The first-order valence-corrected chi connectivity index (χ1v) is 12.7. The van der Waals surface area contributed by atoms with E-state index in [9.17, 15) is 8.42 Å². The average Bonchev–Trinajstić information content (AvgIpc) is 3.23. The molecule has 0 aliphatic carbocycles. The van der Waals surface area contributed by atoms with E-state index < -0.39 is 9.84 Å². The molecule has 0 spiro atoms. The van der Waals surface area contributed by atoms with E-state index in [1.165, 1.54) is 4.52 Å². The molecule has 0 aliphatic rings. The Morgan fingerprint density at radius 1 is 1.00 bits per heavy atom. The van der Waals surface area contributed by atoms with Crippen LogP contribution >= 0.6 is 11.6 Å². The number of sulfone groups is 1. The van der Waals surface area contributed by atoms with E-state index in [1.807, 2.05) is 31.2 Å². The highest BCUT2D eigenvalue weighted by atomic mass is 35.5. The summed E-state index contributed by atoms with van der Waals surface area (Å²) in [4.78, 5) is 7.13. The van der Waals surface area contributed by atoms with Gasteiger partial charge in [-0.25, -0.2) is 13.4 Å². The molecular formula is C23H26ClN5O2S. The molecule has 32 heavy (non-hydrogen) atoms. The Morgan fingerprint density at radius 2 is 1.69 bits per heavy atom. The highest BCUT2D eigenvalue weighted by molar-refractivity contribution is 7.91. The molecule has 168 valence electrons. The molecule has 9 heteroatoms. The second-order valence-electron chi connectivity index (χ2n) is 7.71. The molecule has 0 radical (unpaired) electrons. The van der Waals surface area contributed by atoms with Crippen molar-refractivity contribution in [3.63, 3.8) is 0 Å². The standard InChI is InChI=1S/C23H26ClN5O2S/c1-4-13-28(14-5-2)21-19-15-17(24)9-12-20(19)29-22(25-21)23(26-27-29)32(30,31)18-10-7-16(6-3)8-11-18/h7-12,15H,4-6,13-14H2,1-3H3. The van der Waals surface area contributed by atoms with Crippen molar-refractivity contribution >= 4 is 43.8 Å². The highest BCUT2D eigenvalue weighted by Gasteiger charge is 2.28. The fraction of sp³-hybridized carbons (Fsp3) is 0.348. The first kappa shape index (κ1) is 22.5. The van der Waals surface area contributed by atoms with Gasteiger partial charge in [-0.05, 0) is 55.2 Å². The van der Waals surface area contributed by atoms with Gasteiger partial charge in [0.25, 0.3) is 0 Å². The molecule has 2 aromatic heterocycles. The maximum atomic E-state index is 13.4. The number of hydrogen-bond donors (Lipinski definition) is 0. The number of aromatic nitrogens is 4. The topological polar surface area (TPSA) is 80.5 Å². The number of halogens is 1. The monoisotopic (exact) mass is 471 g/mol. The minimum Gasteiger partial charge on any atom is -0.356 e. The fourth-order valence-electron chi connectivity index (χ4n) is 3.85. The Labute approximate surface area is 192 Å². The summed E-state index contributed by atoms with van der Waals surface area (Å²) in [5.74, 6) is 0.693. The molecule has 0 N–H and O–H groups in total. The first-order valence-electron chi connectivity index (χ1n) is 10.8. The lowest BCUT2D eigenvalue weighted by Gasteiger charge is -2.24. The van der Waals surface area contributed by atoms with Crippen molar-refractivity contribution in [1.29, 1.82) is 0 Å². The Balaban J connectivity index is 1.98. The van der Waals surface area contributed by atoms with Crippen molar-refractivity contribution in [2.75, 3.05) is 18.0 Å². The van der Waals surface area contributed by atoms with E-state index in [2.05, 4.69) is 29.1 Å². The van der Waals surface area contributed by atoms with Gasteiger partial charge in [0.15, 0.2) is 5.65 Å². The summed E-state index contributed by atoms with van der Waals surface area (Å²) < 4.78 is 28.4. The van der Waals surface area contributed by atoms with Crippen molar-refractivity contribution in [2.45, 2.75) is 50.0 Å². The van der Waals surface area contributed by atoms with Crippen LogP contribution < -0.4 is 4.90 Å². The summed E-state index contributed by atoms with van der Waals surface area (Å²) in [6.45, 7) is 7.82. The SMILES string of the molecule is CCCN(CCC)c1nc2c(S(=O)(=O)c3ccc(CC)cc3)nnn2c2ccc(Cl)cc12. The molecule has 0 aliphatic heterocycles. The minimum atomic E-state index is -3.89. The molecule has 0 fully saturated rings. The predicted octanol–water partition coefficient (Wildman–Crippen LogP) is 4.95. The van der Waals surface area contributed by atoms with Gasteiger partial charge in [0.05, 0.1) is 10.4 Å². The normalized spacial score (nSPS) is 12.0. The number of aryl methyl sites for hydroxylation is 1. The third kappa shape index (κ3) is 3.93. The summed E-state index contributed by atoms with van der Waals surface area (Å²) in [5.41, 5.74) is 1.99. The van der Waals surface area contributed by atoms with E-state index in [1.54, 1.807) is 18.2 Å². The van der Waals surface area contributed by atoms with Gasteiger partial charge in [-0.3, -0.25) is 0 Å². The van der Waals surface area contributed by atoms with Crippen LogP contribution in [0.5, 0.6) is 0 Å². The number of anilines is 1. The summed E-state index contributed by atoms with van der Waals surface area (Å²) in [7, 11) is -3.89. The van der Waals surface area contributed by atoms with E-state index in [4.69, 9.17) is 16.6 Å². The quantitative estimate of drug-likeness (QED) is 0.361. The molecule has 2 heterocycles. The molecule has 4 rings (SSSR count). The van der Waals surface area contributed by atoms with Crippen LogP contribution in [0.1, 0.15) is 39.2 Å². The lowest BCUT2D eigenvalue weighted by molar-refractivity contribution is 0.592. The number of fused-ring (bicyclic) bond motifs is 3. The van der Waals surface area contributed by atoms with Gasteiger partial charge in [0.1, 0.15) is 5.82 Å². The second-order valence-corrected chi connectivity index (χ2v) is 10.0. The smallest absolute Gasteiger partial charge is 0.229 e. The maximum Gasteiger partial charge on any atom is 0.229 e. The largest absolute Gasteiger partial charge is 0.356 e. The zero-order valence-electron chi connectivity index (χ0n) is 18.4. The molecular weight excluding hydrogens is 446 g/mol. The van der Waals surface area contributed by atoms with E-state index in [-0.39, 0.29) is 15.6 Å². The zero-order chi connectivity index (χ0) is 22.9. The fourth-order valence-corrected chi connectivity index (χ4v) is 5.25. The van der Waals surface area contributed by atoms with Gasteiger partial charge in [-0.1, -0.05) is 49.7 Å². The van der Waals surface area contributed by atoms with Crippen molar-refractivity contribution < 1.29 is 8.42 Å². The lowest BCUT2D eigenvalue weighted by Crippen LogP contribution is -2.26. The van der Waals surface area contributed by atoms with Crippen molar-refractivity contribution in [2.24, 2.45) is 0 Å². The van der Waals surface area contributed by atoms with Gasteiger partial charge in [-0.15, -0.1) is 5.10 Å². The van der Waals surface area contributed by atoms with Gasteiger partial charge < -0.3 is 4.90 Å². The molecule has 4 aromatic rings. The lowest BCUT2D eigenvalue weighted by atomic mass is 10.2. The molecule has 0 saturated carbocycles. The molecule has 0 amide bonds. The Morgan fingerprint density at radius 3 is 2.31 bits per heavy atom. The number of rotatable bonds is 8. The third-order valence-corrected chi connectivity index (χ3v) is 7.34. The van der Waals surface area contributed by atoms with Crippen LogP contribution in [0, 0.1) is 0 Å². The average molecular weight is 472 g/mol. The molecule has 0 unspecified atom stereocenters.